The second-order valence-corrected chi connectivity index (χ2v) is 4.82. The predicted octanol–water partition coefficient (Wildman–Crippen LogP) is 2.87. The molecule has 0 heterocycles. The molecule has 0 radical (unpaired) electrons. The lowest BCUT2D eigenvalue weighted by molar-refractivity contribution is 0.327. The molecule has 1 aromatic rings. The second kappa shape index (κ2) is 8.22. The van der Waals surface area contributed by atoms with Gasteiger partial charge >= 0.3 is 0 Å². The van der Waals surface area contributed by atoms with E-state index in [4.69, 9.17) is 23.2 Å². The highest BCUT2D eigenvalue weighted by atomic mass is 35.5. The first kappa shape index (κ1) is 15.1. The molecule has 0 atom stereocenters. The summed E-state index contributed by atoms with van der Waals surface area (Å²) in [5.41, 5.74) is 2.24. The van der Waals surface area contributed by atoms with Crippen LogP contribution in [-0.2, 0) is 0 Å². The molecular weight excluding hydrogens is 269 g/mol. The van der Waals surface area contributed by atoms with Gasteiger partial charge in [0.2, 0.25) is 0 Å². The molecule has 5 heteroatoms. The molecule has 100 valence electrons. The molecule has 0 unspecified atom stereocenters. The Kier molecular flexibility index (Phi) is 6.91. The van der Waals surface area contributed by atoms with Crippen LogP contribution in [0.3, 0.4) is 0 Å². The van der Waals surface area contributed by atoms with Crippen molar-refractivity contribution in [2.45, 2.75) is 0 Å². The van der Waals surface area contributed by atoms with Crippen molar-refractivity contribution in [1.29, 1.82) is 0 Å². The van der Waals surface area contributed by atoms with E-state index in [0.29, 0.717) is 24.8 Å². The van der Waals surface area contributed by atoms with Crippen molar-refractivity contribution in [1.82, 2.24) is 5.01 Å². The summed E-state index contributed by atoms with van der Waals surface area (Å²) >= 11 is 11.4. The quantitative estimate of drug-likeness (QED) is 0.436. The van der Waals surface area contributed by atoms with Crippen molar-refractivity contribution in [2.24, 2.45) is 5.10 Å². The van der Waals surface area contributed by atoms with Gasteiger partial charge in [0.05, 0.1) is 6.21 Å². The molecule has 0 amide bonds. The van der Waals surface area contributed by atoms with Crippen LogP contribution in [0.1, 0.15) is 5.56 Å². The molecule has 0 aliphatic carbocycles. The van der Waals surface area contributed by atoms with Gasteiger partial charge in [-0.2, -0.15) is 5.10 Å². The normalized spacial score (nSPS) is 10.9. The fourth-order valence-corrected chi connectivity index (χ4v) is 1.82. The first-order chi connectivity index (χ1) is 8.67. The Morgan fingerprint density at radius 1 is 1.06 bits per heavy atom. The lowest BCUT2D eigenvalue weighted by Crippen LogP contribution is -2.22. The average Bonchev–Trinajstić information content (AvgIpc) is 2.37. The number of hydrazone groups is 1. The van der Waals surface area contributed by atoms with Gasteiger partial charge in [-0.3, -0.25) is 5.01 Å². The molecule has 18 heavy (non-hydrogen) atoms. The molecule has 0 saturated carbocycles. The van der Waals surface area contributed by atoms with E-state index in [0.717, 1.165) is 5.56 Å². The van der Waals surface area contributed by atoms with Crippen LogP contribution >= 0.6 is 23.2 Å². The monoisotopic (exact) mass is 287 g/mol. The Balaban J connectivity index is 2.64. The van der Waals surface area contributed by atoms with E-state index in [1.54, 1.807) is 0 Å². The van der Waals surface area contributed by atoms with E-state index in [1.165, 1.54) is 5.69 Å². The molecule has 0 N–H and O–H groups in total. The first-order valence-corrected chi connectivity index (χ1v) is 6.92. The summed E-state index contributed by atoms with van der Waals surface area (Å²) in [7, 11) is 4.04. The van der Waals surface area contributed by atoms with E-state index < -0.39 is 0 Å². The summed E-state index contributed by atoms with van der Waals surface area (Å²) in [5, 5.41) is 6.25. The highest BCUT2D eigenvalue weighted by Gasteiger charge is 1.98. The Morgan fingerprint density at radius 2 is 1.61 bits per heavy atom. The van der Waals surface area contributed by atoms with Gasteiger partial charge in [-0.05, 0) is 17.7 Å². The molecule has 0 spiro atoms. The molecule has 0 saturated heterocycles. The van der Waals surface area contributed by atoms with Crippen LogP contribution in [0.5, 0.6) is 0 Å². The summed E-state index contributed by atoms with van der Waals surface area (Å²) in [6.07, 6.45) is 1.83. The summed E-state index contributed by atoms with van der Waals surface area (Å²) in [6.45, 7) is 1.42. The van der Waals surface area contributed by atoms with Crippen LogP contribution in [0.2, 0.25) is 0 Å². The smallest absolute Gasteiger partial charge is 0.0542 e. The van der Waals surface area contributed by atoms with Crippen molar-refractivity contribution >= 4 is 35.1 Å². The van der Waals surface area contributed by atoms with Crippen LogP contribution in [0, 0.1) is 0 Å². The van der Waals surface area contributed by atoms with Crippen LogP contribution in [0.4, 0.5) is 5.69 Å². The maximum absolute atomic E-state index is 5.71. The molecule has 1 aromatic carbocycles. The number of benzene rings is 1. The number of rotatable bonds is 7. The zero-order valence-electron chi connectivity index (χ0n) is 10.8. The molecule has 1 rings (SSSR count). The van der Waals surface area contributed by atoms with Crippen LogP contribution in [0.25, 0.3) is 0 Å². The van der Waals surface area contributed by atoms with Gasteiger partial charge in [0.15, 0.2) is 0 Å². The molecule has 3 nitrogen and oxygen atoms in total. The van der Waals surface area contributed by atoms with Gasteiger partial charge in [0.1, 0.15) is 0 Å². The highest BCUT2D eigenvalue weighted by Crippen LogP contribution is 2.11. The van der Waals surface area contributed by atoms with Crippen molar-refractivity contribution in [3.05, 3.63) is 29.8 Å². The van der Waals surface area contributed by atoms with Crippen molar-refractivity contribution in [3.8, 4) is 0 Å². The van der Waals surface area contributed by atoms with Crippen LogP contribution < -0.4 is 4.90 Å². The first-order valence-electron chi connectivity index (χ1n) is 5.85. The van der Waals surface area contributed by atoms with Crippen LogP contribution in [-0.4, -0.2) is 50.2 Å². The van der Waals surface area contributed by atoms with E-state index in [-0.39, 0.29) is 0 Å². The highest BCUT2D eigenvalue weighted by molar-refractivity contribution is 6.18. The van der Waals surface area contributed by atoms with Gasteiger partial charge in [-0.15, -0.1) is 23.2 Å². The van der Waals surface area contributed by atoms with Crippen molar-refractivity contribution < 1.29 is 0 Å². The number of hydrogen-bond acceptors (Lipinski definition) is 3. The molecule has 0 aromatic heterocycles. The van der Waals surface area contributed by atoms with Crippen molar-refractivity contribution in [2.75, 3.05) is 43.8 Å². The zero-order chi connectivity index (χ0) is 13.4. The van der Waals surface area contributed by atoms with E-state index in [9.17, 15) is 0 Å². The fraction of sp³-hybridized carbons (Fsp3) is 0.462. The van der Waals surface area contributed by atoms with Gasteiger partial charge in [0.25, 0.3) is 0 Å². The van der Waals surface area contributed by atoms with Gasteiger partial charge in [-0.1, -0.05) is 12.1 Å². The minimum Gasteiger partial charge on any atom is -0.378 e. The average molecular weight is 288 g/mol. The minimum atomic E-state index is 0.549. The molecule has 0 aliphatic rings. The third kappa shape index (κ3) is 5.15. The largest absolute Gasteiger partial charge is 0.378 e. The van der Waals surface area contributed by atoms with Gasteiger partial charge in [-0.25, -0.2) is 0 Å². The Hall–Kier alpha value is -0.930. The Labute approximate surface area is 119 Å². The molecule has 0 bridgehead atoms. The number of alkyl halides is 2. The summed E-state index contributed by atoms with van der Waals surface area (Å²) in [4.78, 5) is 2.06. The standard InChI is InChI=1S/C13H19Cl2N3/c1-17(2)13-5-3-12(4-6-13)11-16-18(9-7-14)10-8-15/h3-6,11H,7-10H2,1-2H3/b16-11+. The lowest BCUT2D eigenvalue weighted by Gasteiger charge is -2.16. The number of nitrogens with zero attached hydrogens (tertiary/aromatic N) is 3. The third-order valence-electron chi connectivity index (χ3n) is 2.46. The molecule has 0 fully saturated rings. The van der Waals surface area contributed by atoms with E-state index >= 15 is 0 Å². The minimum absolute atomic E-state index is 0.549. The van der Waals surface area contributed by atoms with Gasteiger partial charge < -0.3 is 4.90 Å². The number of halogens is 2. The maximum atomic E-state index is 5.71. The second-order valence-electron chi connectivity index (χ2n) is 4.06. The topological polar surface area (TPSA) is 18.8 Å². The third-order valence-corrected chi connectivity index (χ3v) is 2.80. The number of hydrogen-bond donors (Lipinski definition) is 0. The maximum Gasteiger partial charge on any atom is 0.0542 e. The predicted molar refractivity (Wildman–Crippen MR) is 81.4 cm³/mol. The van der Waals surface area contributed by atoms with E-state index in [1.807, 2.05) is 37.5 Å². The SMILES string of the molecule is CN(C)c1ccc(/C=N/N(CCCl)CCCl)cc1. The molecule has 0 aliphatic heterocycles. The Morgan fingerprint density at radius 3 is 2.06 bits per heavy atom. The van der Waals surface area contributed by atoms with Crippen LogP contribution in [0.15, 0.2) is 29.4 Å². The zero-order valence-corrected chi connectivity index (χ0v) is 12.3. The Bertz CT molecular complexity index is 357. The summed E-state index contributed by atoms with van der Waals surface area (Å²) in [6, 6.07) is 8.21. The number of anilines is 1. The lowest BCUT2D eigenvalue weighted by atomic mass is 10.2. The summed E-state index contributed by atoms with van der Waals surface area (Å²) in [5.74, 6) is 1.10. The van der Waals surface area contributed by atoms with E-state index in [2.05, 4.69) is 22.1 Å². The van der Waals surface area contributed by atoms with Gasteiger partial charge in [0, 0.05) is 44.6 Å². The summed E-state index contributed by atoms with van der Waals surface area (Å²) < 4.78 is 0. The fourth-order valence-electron chi connectivity index (χ4n) is 1.43. The van der Waals surface area contributed by atoms with Crippen molar-refractivity contribution in [3.63, 3.8) is 0 Å². The molecular formula is C13H19Cl2N3.